The first kappa shape index (κ1) is 9.75. The minimum atomic E-state index is 0.0238. The first-order chi connectivity index (χ1) is 6.86. The van der Waals surface area contributed by atoms with E-state index in [4.69, 9.17) is 4.74 Å². The van der Waals surface area contributed by atoms with E-state index in [9.17, 15) is 4.79 Å². The summed E-state index contributed by atoms with van der Waals surface area (Å²) in [4.78, 5) is 11.7. The van der Waals surface area contributed by atoms with Gasteiger partial charge in [0, 0.05) is 6.42 Å². The van der Waals surface area contributed by atoms with Crippen molar-refractivity contribution in [2.45, 2.75) is 51.4 Å². The molecule has 2 aliphatic carbocycles. The van der Waals surface area contributed by atoms with Crippen LogP contribution in [0.3, 0.4) is 0 Å². The molecule has 0 unspecified atom stereocenters. The number of esters is 1. The normalized spacial score (nSPS) is 23.3. The number of hydrogen-bond donors (Lipinski definition) is 0. The number of hydrogen-bond acceptors (Lipinski definition) is 2. The molecule has 0 spiro atoms. The summed E-state index contributed by atoms with van der Waals surface area (Å²) in [5.74, 6) is 1.14. The van der Waals surface area contributed by atoms with Crippen LogP contribution in [0, 0.1) is 5.92 Å². The van der Waals surface area contributed by atoms with E-state index in [-0.39, 0.29) is 11.9 Å². The fourth-order valence-corrected chi connectivity index (χ4v) is 2.28. The van der Waals surface area contributed by atoms with Gasteiger partial charge in [0.25, 0.3) is 0 Å². The second-order valence-corrected chi connectivity index (χ2v) is 4.32. The lowest BCUT2D eigenvalue weighted by molar-refractivity contribution is -0.144. The van der Waals surface area contributed by atoms with Gasteiger partial charge in [-0.1, -0.05) is 12.8 Å². The fraction of sp³-hybridized carbons (Fsp3) is 0.750. The molecule has 0 heterocycles. The average molecular weight is 194 g/mol. The molecule has 1 saturated carbocycles. The van der Waals surface area contributed by atoms with Gasteiger partial charge in [0.1, 0.15) is 5.76 Å². The monoisotopic (exact) mass is 194 g/mol. The molecule has 2 heteroatoms. The summed E-state index contributed by atoms with van der Waals surface area (Å²) in [5.41, 5.74) is 0. The van der Waals surface area contributed by atoms with E-state index in [2.05, 4.69) is 6.08 Å². The Morgan fingerprint density at radius 1 is 1.21 bits per heavy atom. The van der Waals surface area contributed by atoms with Crippen molar-refractivity contribution in [3.8, 4) is 0 Å². The molecule has 0 N–H and O–H groups in total. The van der Waals surface area contributed by atoms with Crippen molar-refractivity contribution in [3.05, 3.63) is 11.8 Å². The Labute approximate surface area is 85.3 Å². The summed E-state index contributed by atoms with van der Waals surface area (Å²) in [6.45, 7) is 0. The Hall–Kier alpha value is -0.790. The van der Waals surface area contributed by atoms with Crippen LogP contribution in [0.4, 0.5) is 0 Å². The van der Waals surface area contributed by atoms with Crippen LogP contribution < -0.4 is 0 Å². The maximum absolute atomic E-state index is 11.7. The lowest BCUT2D eigenvalue weighted by Crippen LogP contribution is -2.15. The maximum atomic E-state index is 11.7. The van der Waals surface area contributed by atoms with Crippen LogP contribution in [0.15, 0.2) is 11.8 Å². The Balaban J connectivity index is 1.83. The molecule has 0 aromatic heterocycles. The minimum Gasteiger partial charge on any atom is -0.431 e. The number of carbonyl (C=O) groups is 1. The molecule has 14 heavy (non-hydrogen) atoms. The van der Waals surface area contributed by atoms with Crippen LogP contribution in [0.25, 0.3) is 0 Å². The van der Waals surface area contributed by atoms with Crippen LogP contribution in [-0.2, 0) is 9.53 Å². The second kappa shape index (κ2) is 4.63. The number of rotatable bonds is 2. The summed E-state index contributed by atoms with van der Waals surface area (Å²) in [5, 5.41) is 0. The molecule has 0 amide bonds. The van der Waals surface area contributed by atoms with Crippen molar-refractivity contribution < 1.29 is 9.53 Å². The second-order valence-electron chi connectivity index (χ2n) is 4.32. The van der Waals surface area contributed by atoms with E-state index in [0.29, 0.717) is 0 Å². The molecule has 0 saturated heterocycles. The molecule has 0 aliphatic heterocycles. The van der Waals surface area contributed by atoms with E-state index >= 15 is 0 Å². The Morgan fingerprint density at radius 3 is 2.64 bits per heavy atom. The summed E-state index contributed by atoms with van der Waals surface area (Å²) in [6.07, 6.45) is 11.0. The summed E-state index contributed by atoms with van der Waals surface area (Å²) in [6, 6.07) is 0. The summed E-state index contributed by atoms with van der Waals surface area (Å²) < 4.78 is 5.40. The largest absolute Gasteiger partial charge is 0.431 e. The lowest BCUT2D eigenvalue weighted by atomic mass is 10.1. The van der Waals surface area contributed by atoms with Gasteiger partial charge in [0.15, 0.2) is 0 Å². The molecule has 0 aromatic rings. The van der Waals surface area contributed by atoms with Gasteiger partial charge < -0.3 is 4.74 Å². The van der Waals surface area contributed by atoms with Gasteiger partial charge in [-0.2, -0.15) is 0 Å². The molecule has 0 bridgehead atoms. The van der Waals surface area contributed by atoms with Crippen molar-refractivity contribution >= 4 is 5.97 Å². The van der Waals surface area contributed by atoms with Gasteiger partial charge in [-0.3, -0.25) is 4.79 Å². The highest BCUT2D eigenvalue weighted by molar-refractivity contribution is 5.73. The van der Waals surface area contributed by atoms with Crippen LogP contribution in [-0.4, -0.2) is 5.97 Å². The molecule has 0 radical (unpaired) electrons. The van der Waals surface area contributed by atoms with E-state index in [0.717, 1.165) is 31.4 Å². The molecule has 2 aliphatic rings. The fourth-order valence-electron chi connectivity index (χ4n) is 2.28. The summed E-state index contributed by atoms with van der Waals surface area (Å²) >= 11 is 0. The first-order valence-corrected chi connectivity index (χ1v) is 5.77. The Morgan fingerprint density at radius 2 is 2.00 bits per heavy atom. The Kier molecular flexibility index (Phi) is 3.22. The highest BCUT2D eigenvalue weighted by atomic mass is 16.5. The lowest BCUT2D eigenvalue weighted by Gasteiger charge is -2.15. The van der Waals surface area contributed by atoms with Gasteiger partial charge in [-0.25, -0.2) is 0 Å². The molecule has 2 nitrogen and oxygen atoms in total. The molecule has 0 atom stereocenters. The molecular formula is C12H18O2. The van der Waals surface area contributed by atoms with Crippen LogP contribution in [0.5, 0.6) is 0 Å². The SMILES string of the molecule is O=C(OC1=CCCCC1)C1CCCC1. The topological polar surface area (TPSA) is 26.3 Å². The first-order valence-electron chi connectivity index (χ1n) is 5.77. The van der Waals surface area contributed by atoms with Gasteiger partial charge in [0.2, 0.25) is 0 Å². The smallest absolute Gasteiger partial charge is 0.313 e. The highest BCUT2D eigenvalue weighted by Gasteiger charge is 2.25. The molecule has 78 valence electrons. The molecule has 2 rings (SSSR count). The molecule has 0 aromatic carbocycles. The number of allylic oxidation sites excluding steroid dienone is 2. The predicted octanol–water partition coefficient (Wildman–Crippen LogP) is 3.18. The van der Waals surface area contributed by atoms with Crippen molar-refractivity contribution in [3.63, 3.8) is 0 Å². The van der Waals surface area contributed by atoms with E-state index in [1.54, 1.807) is 0 Å². The zero-order valence-corrected chi connectivity index (χ0v) is 8.63. The minimum absolute atomic E-state index is 0.0238. The average Bonchev–Trinajstić information content (AvgIpc) is 2.72. The van der Waals surface area contributed by atoms with Crippen molar-refractivity contribution in [1.82, 2.24) is 0 Å². The van der Waals surface area contributed by atoms with Crippen molar-refractivity contribution in [2.75, 3.05) is 0 Å². The van der Waals surface area contributed by atoms with Gasteiger partial charge in [-0.05, 0) is 38.2 Å². The quantitative estimate of drug-likeness (QED) is 0.631. The number of ether oxygens (including phenoxy) is 1. The van der Waals surface area contributed by atoms with Gasteiger partial charge in [0.05, 0.1) is 5.92 Å². The third-order valence-electron chi connectivity index (χ3n) is 3.17. The Bertz CT molecular complexity index is 237. The van der Waals surface area contributed by atoms with Crippen LogP contribution in [0.1, 0.15) is 51.4 Å². The molecular weight excluding hydrogens is 176 g/mol. The van der Waals surface area contributed by atoms with E-state index < -0.39 is 0 Å². The van der Waals surface area contributed by atoms with Crippen LogP contribution >= 0.6 is 0 Å². The standard InChI is InChI=1S/C12H18O2/c13-12(10-6-4-5-7-10)14-11-8-2-1-3-9-11/h8,10H,1-7,9H2. The predicted molar refractivity (Wildman–Crippen MR) is 54.6 cm³/mol. The van der Waals surface area contributed by atoms with Gasteiger partial charge in [-0.15, -0.1) is 0 Å². The van der Waals surface area contributed by atoms with Crippen molar-refractivity contribution in [1.29, 1.82) is 0 Å². The zero-order chi connectivity index (χ0) is 9.80. The summed E-state index contributed by atoms with van der Waals surface area (Å²) in [7, 11) is 0. The molecule has 1 fully saturated rings. The zero-order valence-electron chi connectivity index (χ0n) is 8.63. The third kappa shape index (κ3) is 2.37. The van der Waals surface area contributed by atoms with Crippen molar-refractivity contribution in [2.24, 2.45) is 5.92 Å². The van der Waals surface area contributed by atoms with Gasteiger partial charge >= 0.3 is 5.97 Å². The highest BCUT2D eigenvalue weighted by Crippen LogP contribution is 2.28. The maximum Gasteiger partial charge on any atom is 0.313 e. The van der Waals surface area contributed by atoms with E-state index in [1.807, 2.05) is 0 Å². The third-order valence-corrected chi connectivity index (χ3v) is 3.17. The van der Waals surface area contributed by atoms with E-state index in [1.165, 1.54) is 25.7 Å². The van der Waals surface area contributed by atoms with Crippen LogP contribution in [0.2, 0.25) is 0 Å². The number of carbonyl (C=O) groups excluding carboxylic acids is 1.